The molecule has 7 heteroatoms. The summed E-state index contributed by atoms with van der Waals surface area (Å²) in [6.07, 6.45) is 9.29. The van der Waals surface area contributed by atoms with Crippen LogP contribution in [0.5, 0.6) is 11.5 Å². The van der Waals surface area contributed by atoms with Gasteiger partial charge in [0.15, 0.2) is 11.5 Å². The Kier molecular flexibility index (Phi) is 10.7. The first-order chi connectivity index (χ1) is 17.5. The van der Waals surface area contributed by atoms with Crippen molar-refractivity contribution in [3.8, 4) is 11.5 Å². The molecule has 0 N–H and O–H groups in total. The second kappa shape index (κ2) is 14.2. The number of carbonyl (C=O) groups excluding carboxylic acids is 1. The standard InChI is InChI=1S/C29H37NO6/c1-30(24-21-29(32)36-25-15-12-11-14-23(24)25)22-17-18-26(33-2)27(20-22)35-19-13-9-7-5-4-6-8-10-16-28(31)34-3/h11-12,14-15,17-18,20-21H,4-10,13,16,19H2,1-3H3. The molecule has 36 heavy (non-hydrogen) atoms. The van der Waals surface area contributed by atoms with E-state index in [0.717, 1.165) is 48.9 Å². The number of unbranched alkanes of at least 4 members (excludes halogenated alkanes) is 7. The third kappa shape index (κ3) is 7.77. The Balaban J connectivity index is 1.49. The molecule has 0 atom stereocenters. The Morgan fingerprint density at radius 2 is 1.56 bits per heavy atom. The Bertz CT molecular complexity index is 1170. The Labute approximate surface area is 213 Å². The smallest absolute Gasteiger partial charge is 0.338 e. The third-order valence-electron chi connectivity index (χ3n) is 6.28. The van der Waals surface area contributed by atoms with Crippen LogP contribution in [0.3, 0.4) is 0 Å². The minimum atomic E-state index is -0.387. The fourth-order valence-electron chi connectivity index (χ4n) is 4.21. The maximum absolute atomic E-state index is 12.1. The summed E-state index contributed by atoms with van der Waals surface area (Å²) in [6, 6.07) is 14.8. The molecule has 0 aliphatic rings. The lowest BCUT2D eigenvalue weighted by atomic mass is 10.1. The largest absolute Gasteiger partial charge is 0.493 e. The van der Waals surface area contributed by atoms with E-state index in [4.69, 9.17) is 13.9 Å². The molecule has 3 rings (SSSR count). The Morgan fingerprint density at radius 3 is 2.28 bits per heavy atom. The van der Waals surface area contributed by atoms with Crippen molar-refractivity contribution in [2.24, 2.45) is 0 Å². The zero-order valence-corrected chi connectivity index (χ0v) is 21.6. The number of methoxy groups -OCH3 is 2. The number of carbonyl (C=O) groups is 1. The number of para-hydroxylation sites is 1. The molecular formula is C29H37NO6. The second-order valence-electron chi connectivity index (χ2n) is 8.84. The number of benzene rings is 2. The van der Waals surface area contributed by atoms with Crippen molar-refractivity contribution in [2.75, 3.05) is 32.8 Å². The van der Waals surface area contributed by atoms with Crippen LogP contribution in [0, 0.1) is 0 Å². The molecule has 0 spiro atoms. The van der Waals surface area contributed by atoms with Gasteiger partial charge in [-0.2, -0.15) is 0 Å². The van der Waals surface area contributed by atoms with Crippen LogP contribution >= 0.6 is 0 Å². The highest BCUT2D eigenvalue weighted by atomic mass is 16.5. The molecular weight excluding hydrogens is 458 g/mol. The van der Waals surface area contributed by atoms with Gasteiger partial charge >= 0.3 is 11.6 Å². The molecule has 7 nitrogen and oxygen atoms in total. The fraction of sp³-hybridized carbons (Fsp3) is 0.448. The summed E-state index contributed by atoms with van der Waals surface area (Å²) in [5.74, 6) is 1.24. The highest BCUT2D eigenvalue weighted by Gasteiger charge is 2.14. The highest BCUT2D eigenvalue weighted by Crippen LogP contribution is 2.36. The van der Waals surface area contributed by atoms with Gasteiger partial charge in [0.1, 0.15) is 5.58 Å². The van der Waals surface area contributed by atoms with Crippen LogP contribution in [0.1, 0.15) is 57.8 Å². The molecule has 0 aliphatic carbocycles. The molecule has 0 radical (unpaired) electrons. The number of rotatable bonds is 15. The lowest BCUT2D eigenvalue weighted by Gasteiger charge is -2.22. The van der Waals surface area contributed by atoms with Gasteiger partial charge in [-0.3, -0.25) is 4.79 Å². The second-order valence-corrected chi connectivity index (χ2v) is 8.84. The van der Waals surface area contributed by atoms with Crippen LogP contribution in [0.15, 0.2) is 57.7 Å². The zero-order valence-electron chi connectivity index (χ0n) is 21.6. The zero-order chi connectivity index (χ0) is 25.8. The molecule has 0 amide bonds. The van der Waals surface area contributed by atoms with Gasteiger partial charge < -0.3 is 23.5 Å². The van der Waals surface area contributed by atoms with E-state index in [-0.39, 0.29) is 11.6 Å². The molecule has 1 aromatic heterocycles. The average molecular weight is 496 g/mol. The minimum absolute atomic E-state index is 0.120. The molecule has 194 valence electrons. The predicted molar refractivity (Wildman–Crippen MR) is 143 cm³/mol. The van der Waals surface area contributed by atoms with Crippen LogP contribution in [0.4, 0.5) is 11.4 Å². The quantitative estimate of drug-likeness (QED) is 0.133. The van der Waals surface area contributed by atoms with Crippen molar-refractivity contribution in [3.05, 3.63) is 59.0 Å². The van der Waals surface area contributed by atoms with Crippen molar-refractivity contribution in [2.45, 2.75) is 57.8 Å². The number of fused-ring (bicyclic) bond motifs is 1. The third-order valence-corrected chi connectivity index (χ3v) is 6.28. The van der Waals surface area contributed by atoms with Crippen molar-refractivity contribution < 1.29 is 23.4 Å². The Hall–Kier alpha value is -3.48. The van der Waals surface area contributed by atoms with Gasteiger partial charge in [0.2, 0.25) is 0 Å². The number of anilines is 2. The lowest BCUT2D eigenvalue weighted by molar-refractivity contribution is -0.140. The topological polar surface area (TPSA) is 78.2 Å². The van der Waals surface area contributed by atoms with Crippen molar-refractivity contribution >= 4 is 28.3 Å². The van der Waals surface area contributed by atoms with Crippen LogP contribution < -0.4 is 20.0 Å². The number of nitrogens with zero attached hydrogens (tertiary/aromatic N) is 1. The summed E-state index contributed by atoms with van der Waals surface area (Å²) in [7, 11) is 4.99. The van der Waals surface area contributed by atoms with Gasteiger partial charge in [0.05, 0.1) is 26.5 Å². The number of ether oxygens (including phenoxy) is 3. The molecule has 1 heterocycles. The van der Waals surface area contributed by atoms with E-state index in [2.05, 4.69) is 4.74 Å². The van der Waals surface area contributed by atoms with E-state index in [1.807, 2.05) is 48.3 Å². The summed E-state index contributed by atoms with van der Waals surface area (Å²) in [6.45, 7) is 0.612. The van der Waals surface area contributed by atoms with E-state index < -0.39 is 0 Å². The van der Waals surface area contributed by atoms with Crippen molar-refractivity contribution in [1.29, 1.82) is 0 Å². The molecule has 3 aromatic rings. The minimum Gasteiger partial charge on any atom is -0.493 e. The summed E-state index contributed by atoms with van der Waals surface area (Å²) in [4.78, 5) is 25.2. The van der Waals surface area contributed by atoms with E-state index in [1.165, 1.54) is 32.4 Å². The molecule has 0 unspecified atom stereocenters. The molecule has 0 aliphatic heterocycles. The van der Waals surface area contributed by atoms with Gasteiger partial charge in [-0.1, -0.05) is 50.7 Å². The molecule has 0 saturated carbocycles. The maximum atomic E-state index is 12.1. The number of hydrogen-bond acceptors (Lipinski definition) is 7. The van der Waals surface area contributed by atoms with Crippen LogP contribution in [0.25, 0.3) is 11.0 Å². The first-order valence-electron chi connectivity index (χ1n) is 12.7. The maximum Gasteiger partial charge on any atom is 0.338 e. The van der Waals surface area contributed by atoms with E-state index >= 15 is 0 Å². The summed E-state index contributed by atoms with van der Waals surface area (Å²) in [5, 5.41) is 0.862. The first-order valence-corrected chi connectivity index (χ1v) is 12.7. The van der Waals surface area contributed by atoms with Crippen LogP contribution in [-0.4, -0.2) is 33.8 Å². The first kappa shape index (κ1) is 27.1. The SMILES string of the molecule is COC(=O)CCCCCCCCCCOc1cc(N(C)c2cc(=O)oc3ccccc23)ccc1OC. The normalized spacial score (nSPS) is 10.9. The molecule has 2 aromatic carbocycles. The monoisotopic (exact) mass is 495 g/mol. The average Bonchev–Trinajstić information content (AvgIpc) is 2.90. The summed E-state index contributed by atoms with van der Waals surface area (Å²) >= 11 is 0. The number of esters is 1. The van der Waals surface area contributed by atoms with E-state index in [0.29, 0.717) is 30.1 Å². The highest BCUT2D eigenvalue weighted by molar-refractivity contribution is 5.92. The van der Waals surface area contributed by atoms with Gasteiger partial charge in [0, 0.05) is 36.7 Å². The van der Waals surface area contributed by atoms with Gasteiger partial charge in [-0.25, -0.2) is 4.79 Å². The van der Waals surface area contributed by atoms with Crippen molar-refractivity contribution in [3.63, 3.8) is 0 Å². The Morgan fingerprint density at radius 1 is 0.861 bits per heavy atom. The lowest BCUT2D eigenvalue weighted by Crippen LogP contribution is -2.13. The van der Waals surface area contributed by atoms with Crippen LogP contribution in [0.2, 0.25) is 0 Å². The van der Waals surface area contributed by atoms with Gasteiger partial charge in [-0.15, -0.1) is 0 Å². The number of hydrogen-bond donors (Lipinski definition) is 0. The predicted octanol–water partition coefficient (Wildman–Crippen LogP) is 6.63. The summed E-state index contributed by atoms with van der Waals surface area (Å²) in [5.41, 5.74) is 1.82. The van der Waals surface area contributed by atoms with Crippen LogP contribution in [-0.2, 0) is 9.53 Å². The molecule has 0 saturated heterocycles. The molecule has 0 bridgehead atoms. The van der Waals surface area contributed by atoms with Gasteiger partial charge in [-0.05, 0) is 37.1 Å². The van der Waals surface area contributed by atoms with E-state index in [1.54, 1.807) is 13.2 Å². The van der Waals surface area contributed by atoms with E-state index in [9.17, 15) is 9.59 Å². The van der Waals surface area contributed by atoms with Gasteiger partial charge in [0.25, 0.3) is 0 Å². The molecule has 0 fully saturated rings. The fourth-order valence-corrected chi connectivity index (χ4v) is 4.21. The van der Waals surface area contributed by atoms with Crippen molar-refractivity contribution in [1.82, 2.24) is 0 Å². The summed E-state index contributed by atoms with van der Waals surface area (Å²) < 4.78 is 21.6.